The van der Waals surface area contributed by atoms with Crippen molar-refractivity contribution in [3.05, 3.63) is 36.4 Å². The average molecular weight is 267 g/mol. The predicted octanol–water partition coefficient (Wildman–Crippen LogP) is 0.925. The topological polar surface area (TPSA) is 54.4 Å². The maximum atomic E-state index is 10.6. The molecule has 3 nitrogen and oxygen atoms in total. The summed E-state index contributed by atoms with van der Waals surface area (Å²) in [6.45, 7) is 3.51. The first kappa shape index (κ1) is 16.8. The van der Waals surface area contributed by atoms with Crippen molar-refractivity contribution in [2.45, 2.75) is 4.90 Å². The van der Waals surface area contributed by atoms with E-state index >= 15 is 0 Å². The van der Waals surface area contributed by atoms with Gasteiger partial charge in [-0.3, -0.25) is 4.55 Å². The van der Waals surface area contributed by atoms with Gasteiger partial charge in [0.05, 0.1) is 4.90 Å². The van der Waals surface area contributed by atoms with Crippen LogP contribution in [0.15, 0.2) is 35.7 Å². The molecule has 0 atom stereocenters. The summed E-state index contributed by atoms with van der Waals surface area (Å²) in [4.78, 5) is -0.104. The summed E-state index contributed by atoms with van der Waals surface area (Å²) in [5, 5.41) is 0. The van der Waals surface area contributed by atoms with Gasteiger partial charge in [0.25, 0.3) is 10.1 Å². The second-order valence-electron chi connectivity index (χ2n) is 2.25. The molecule has 0 aromatic heterocycles. The summed E-state index contributed by atoms with van der Waals surface area (Å²) in [5.74, 6) is 0. The second-order valence-corrected chi connectivity index (χ2v) is 3.67. The van der Waals surface area contributed by atoms with E-state index in [1.165, 1.54) is 12.1 Å². The molecule has 14 heavy (non-hydrogen) atoms. The molecule has 1 N–H and O–H groups in total. The zero-order valence-electron chi connectivity index (χ0n) is 6.60. The third-order valence-corrected chi connectivity index (χ3v) is 2.28. The third kappa shape index (κ3) is 4.74. The van der Waals surface area contributed by atoms with Gasteiger partial charge in [-0.05, 0) is 17.7 Å². The average Bonchev–Trinajstić information content (AvgIpc) is 2.03. The van der Waals surface area contributed by atoms with Crippen LogP contribution in [-0.2, 0) is 26.9 Å². The molecule has 0 saturated carbocycles. The second kappa shape index (κ2) is 6.79. The molecule has 1 rings (SSSR count). The van der Waals surface area contributed by atoms with Gasteiger partial charge >= 0.3 is 29.6 Å². The van der Waals surface area contributed by atoms with Crippen molar-refractivity contribution >= 4 is 45.8 Å². The van der Waals surface area contributed by atoms with E-state index in [0.717, 1.165) is 5.56 Å². The van der Waals surface area contributed by atoms with Crippen LogP contribution in [0, 0.1) is 0 Å². The Labute approximate surface area is 116 Å². The molecule has 0 spiro atoms. The molecule has 0 saturated heterocycles. The molecule has 0 amide bonds. The Morgan fingerprint density at radius 2 is 1.64 bits per heavy atom. The molecule has 75 valence electrons. The first-order valence-electron chi connectivity index (χ1n) is 3.24. The number of hydrogen-bond donors (Lipinski definition) is 1. The Balaban J connectivity index is 0. The molecule has 0 aliphatic heterocycles. The monoisotopic (exact) mass is 267 g/mol. The fourth-order valence-electron chi connectivity index (χ4n) is 0.776. The molecule has 0 heterocycles. The standard InChI is InChI=1S/C8H8O3S.Co.Na.H/c1-2-7-3-5-8(6-4-7)12(9,10)11;;;/h2-6H,1H2,(H,9,10,11);;;. The van der Waals surface area contributed by atoms with E-state index in [2.05, 4.69) is 6.58 Å². The normalized spacial score (nSPS) is 9.50. The quantitative estimate of drug-likeness (QED) is 0.640. The molecule has 1 aromatic rings. The van der Waals surface area contributed by atoms with E-state index in [-0.39, 0.29) is 51.2 Å². The minimum atomic E-state index is -4.06. The summed E-state index contributed by atoms with van der Waals surface area (Å²) < 4.78 is 29.7. The maximum absolute atomic E-state index is 10.6. The van der Waals surface area contributed by atoms with Crippen LogP contribution in [-0.4, -0.2) is 42.5 Å². The fraction of sp³-hybridized carbons (Fsp3) is 0. The van der Waals surface area contributed by atoms with Gasteiger partial charge in [-0.2, -0.15) is 8.42 Å². The van der Waals surface area contributed by atoms with Crippen molar-refractivity contribution in [2.75, 3.05) is 0 Å². The van der Waals surface area contributed by atoms with Crippen LogP contribution in [0.3, 0.4) is 0 Å². The molecule has 0 aliphatic carbocycles. The molecule has 0 fully saturated rings. The van der Waals surface area contributed by atoms with Crippen LogP contribution < -0.4 is 0 Å². The van der Waals surface area contributed by atoms with Gasteiger partial charge in [-0.1, -0.05) is 24.8 Å². The molecular weight excluding hydrogens is 258 g/mol. The van der Waals surface area contributed by atoms with Crippen LogP contribution in [0.2, 0.25) is 0 Å². The van der Waals surface area contributed by atoms with E-state index in [1.807, 2.05) is 0 Å². The molecule has 1 aromatic carbocycles. The van der Waals surface area contributed by atoms with Gasteiger partial charge in [0.15, 0.2) is 0 Å². The SMILES string of the molecule is C=Cc1ccc(S(=O)(=O)O)cc1.[Co].[NaH]. The van der Waals surface area contributed by atoms with Gasteiger partial charge in [0.1, 0.15) is 0 Å². The minimum absolute atomic E-state index is 0. The Hall–Kier alpha value is 0.376. The van der Waals surface area contributed by atoms with E-state index in [4.69, 9.17) is 4.55 Å². The van der Waals surface area contributed by atoms with Gasteiger partial charge in [-0.15, -0.1) is 0 Å². The zero-order valence-corrected chi connectivity index (χ0v) is 8.46. The van der Waals surface area contributed by atoms with Gasteiger partial charge < -0.3 is 0 Å². The summed E-state index contributed by atoms with van der Waals surface area (Å²) in [6, 6.07) is 5.78. The van der Waals surface area contributed by atoms with Crippen molar-refractivity contribution in [1.29, 1.82) is 0 Å². The number of benzene rings is 1. The van der Waals surface area contributed by atoms with Crippen LogP contribution in [0.1, 0.15) is 5.56 Å². The molecule has 0 unspecified atom stereocenters. The van der Waals surface area contributed by atoms with Crippen LogP contribution in [0.5, 0.6) is 0 Å². The van der Waals surface area contributed by atoms with Crippen molar-refractivity contribution in [3.8, 4) is 0 Å². The third-order valence-electron chi connectivity index (χ3n) is 1.41. The summed E-state index contributed by atoms with van der Waals surface area (Å²) in [6.07, 6.45) is 1.59. The van der Waals surface area contributed by atoms with Crippen molar-refractivity contribution in [1.82, 2.24) is 0 Å². The zero-order chi connectivity index (χ0) is 9.19. The van der Waals surface area contributed by atoms with E-state index in [9.17, 15) is 8.42 Å². The number of rotatable bonds is 2. The van der Waals surface area contributed by atoms with Crippen molar-refractivity contribution in [2.24, 2.45) is 0 Å². The van der Waals surface area contributed by atoms with E-state index in [1.54, 1.807) is 18.2 Å². The number of hydrogen-bond acceptors (Lipinski definition) is 2. The first-order chi connectivity index (χ1) is 5.54. The van der Waals surface area contributed by atoms with Gasteiger partial charge in [-0.25, -0.2) is 0 Å². The summed E-state index contributed by atoms with van der Waals surface area (Å²) in [7, 11) is -4.06. The van der Waals surface area contributed by atoms with Gasteiger partial charge in [0.2, 0.25) is 0 Å². The Kier molecular flexibility index (Phi) is 8.14. The van der Waals surface area contributed by atoms with Crippen LogP contribution in [0.25, 0.3) is 6.08 Å². The van der Waals surface area contributed by atoms with Crippen molar-refractivity contribution in [3.63, 3.8) is 0 Å². The summed E-state index contributed by atoms with van der Waals surface area (Å²) >= 11 is 0. The Morgan fingerprint density at radius 3 is 1.93 bits per heavy atom. The van der Waals surface area contributed by atoms with E-state index in [0.29, 0.717) is 0 Å². The molecule has 6 heteroatoms. The molecular formula is C8H9CoNaO3S. The molecule has 0 bridgehead atoms. The summed E-state index contributed by atoms with van der Waals surface area (Å²) in [5.41, 5.74) is 0.808. The van der Waals surface area contributed by atoms with E-state index < -0.39 is 10.1 Å². The Bertz CT molecular complexity index is 386. The Morgan fingerprint density at radius 1 is 1.21 bits per heavy atom. The molecule has 0 aliphatic rings. The molecule has 1 radical (unpaired) electrons. The van der Waals surface area contributed by atoms with Crippen LogP contribution >= 0.6 is 0 Å². The van der Waals surface area contributed by atoms with Gasteiger partial charge in [0, 0.05) is 16.8 Å². The fourth-order valence-corrected chi connectivity index (χ4v) is 1.26. The predicted molar refractivity (Wildman–Crippen MR) is 53.5 cm³/mol. The van der Waals surface area contributed by atoms with Crippen molar-refractivity contribution < 1.29 is 29.7 Å². The van der Waals surface area contributed by atoms with Crippen LogP contribution in [0.4, 0.5) is 0 Å². The first-order valence-corrected chi connectivity index (χ1v) is 4.68.